The highest BCUT2D eigenvalue weighted by atomic mass is 19.4. The quantitative estimate of drug-likeness (QED) is 0.440. The summed E-state index contributed by atoms with van der Waals surface area (Å²) in [6, 6.07) is 14.8. The van der Waals surface area contributed by atoms with E-state index in [1.54, 1.807) is 42.5 Å². The van der Waals surface area contributed by atoms with Gasteiger partial charge in [-0.3, -0.25) is 9.78 Å². The molecule has 0 aliphatic carbocycles. The lowest BCUT2D eigenvalue weighted by Gasteiger charge is -2.09. The van der Waals surface area contributed by atoms with E-state index in [9.17, 15) is 22.4 Å². The molecule has 8 heteroatoms. The first-order chi connectivity index (χ1) is 14.3. The van der Waals surface area contributed by atoms with Crippen molar-refractivity contribution in [2.24, 2.45) is 0 Å². The van der Waals surface area contributed by atoms with Crippen LogP contribution in [-0.4, -0.2) is 15.9 Å². The largest absolute Gasteiger partial charge is 0.433 e. The average Bonchev–Trinajstić information content (AvgIpc) is 2.73. The summed E-state index contributed by atoms with van der Waals surface area (Å²) < 4.78 is 51.7. The van der Waals surface area contributed by atoms with Crippen molar-refractivity contribution in [1.29, 1.82) is 0 Å². The number of nitrogens with zero attached hydrogens (tertiary/aromatic N) is 2. The summed E-state index contributed by atoms with van der Waals surface area (Å²) in [5, 5.41) is 3.21. The molecule has 4 aromatic rings. The van der Waals surface area contributed by atoms with E-state index < -0.39 is 17.8 Å². The molecule has 2 aromatic heterocycles. The number of benzene rings is 2. The number of hydrogen-bond donors (Lipinski definition) is 1. The van der Waals surface area contributed by atoms with Gasteiger partial charge in [0, 0.05) is 28.3 Å². The zero-order valence-electron chi connectivity index (χ0n) is 15.2. The van der Waals surface area contributed by atoms with E-state index in [0.29, 0.717) is 22.0 Å². The maximum Gasteiger partial charge on any atom is 0.433 e. The molecule has 4 nitrogen and oxygen atoms in total. The van der Waals surface area contributed by atoms with Gasteiger partial charge < -0.3 is 5.32 Å². The third-order valence-electron chi connectivity index (χ3n) is 4.44. The number of pyridine rings is 2. The zero-order valence-corrected chi connectivity index (χ0v) is 15.2. The molecule has 2 heterocycles. The molecule has 0 atom stereocenters. The molecule has 0 saturated carbocycles. The number of anilines is 1. The molecule has 0 aliphatic heterocycles. The van der Waals surface area contributed by atoms with E-state index in [1.807, 2.05) is 0 Å². The predicted molar refractivity (Wildman–Crippen MR) is 104 cm³/mol. The van der Waals surface area contributed by atoms with Crippen LogP contribution in [0.25, 0.3) is 22.0 Å². The number of nitrogens with one attached hydrogen (secondary N) is 1. The highest BCUT2D eigenvalue weighted by Crippen LogP contribution is 2.28. The minimum Gasteiger partial charge on any atom is -0.321 e. The van der Waals surface area contributed by atoms with Gasteiger partial charge in [0.1, 0.15) is 11.5 Å². The molecule has 0 aliphatic rings. The number of hydrogen-bond acceptors (Lipinski definition) is 3. The monoisotopic (exact) mass is 411 g/mol. The molecule has 0 bridgehead atoms. The number of carbonyl (C=O) groups is 1. The van der Waals surface area contributed by atoms with Crippen LogP contribution in [-0.2, 0) is 6.18 Å². The standard InChI is InChI=1S/C22H13F4N3O/c23-18-4-2-1-3-17(18)15-9-13-5-6-14(10-19(13)27-11-15)21(30)29-16-7-8-20(28-12-16)22(24,25)26/h1-12H,(H,29,30). The molecule has 0 radical (unpaired) electrons. The molecule has 0 saturated heterocycles. The van der Waals surface area contributed by atoms with E-state index in [-0.39, 0.29) is 17.1 Å². The lowest BCUT2D eigenvalue weighted by molar-refractivity contribution is -0.141. The summed E-state index contributed by atoms with van der Waals surface area (Å²) in [4.78, 5) is 20.0. The molecule has 0 unspecified atom stereocenters. The highest BCUT2D eigenvalue weighted by Gasteiger charge is 2.32. The third-order valence-corrected chi connectivity index (χ3v) is 4.44. The lowest BCUT2D eigenvalue weighted by Crippen LogP contribution is -2.13. The van der Waals surface area contributed by atoms with E-state index in [2.05, 4.69) is 15.3 Å². The Bertz CT molecular complexity index is 1240. The minimum atomic E-state index is -4.55. The molecule has 1 amide bonds. The number of halogens is 4. The topological polar surface area (TPSA) is 54.9 Å². The summed E-state index contributed by atoms with van der Waals surface area (Å²) in [5.74, 6) is -0.877. The fourth-order valence-corrected chi connectivity index (χ4v) is 2.94. The molecule has 150 valence electrons. The van der Waals surface area contributed by atoms with Crippen LogP contribution >= 0.6 is 0 Å². The van der Waals surface area contributed by atoms with Crippen LogP contribution < -0.4 is 5.32 Å². The SMILES string of the molecule is O=C(Nc1ccc(C(F)(F)F)nc1)c1ccc2cc(-c3ccccc3F)cnc2c1. The smallest absolute Gasteiger partial charge is 0.321 e. The van der Waals surface area contributed by atoms with E-state index in [1.165, 1.54) is 12.3 Å². The molecule has 4 rings (SSSR count). The Labute approximate surface area is 168 Å². The number of fused-ring (bicyclic) bond motifs is 1. The third kappa shape index (κ3) is 3.98. The zero-order chi connectivity index (χ0) is 21.3. The van der Waals surface area contributed by atoms with Gasteiger partial charge in [0.15, 0.2) is 0 Å². The predicted octanol–water partition coefficient (Wildman–Crippen LogP) is 5.71. The molecule has 0 fully saturated rings. The van der Waals surface area contributed by atoms with Crippen LogP contribution in [0.4, 0.5) is 23.2 Å². The van der Waals surface area contributed by atoms with Crippen LogP contribution in [0, 0.1) is 5.82 Å². The Morgan fingerprint density at radius 1 is 0.900 bits per heavy atom. The summed E-state index contributed by atoms with van der Waals surface area (Å²) in [5.41, 5.74) is 0.913. The van der Waals surface area contributed by atoms with Crippen LogP contribution in [0.3, 0.4) is 0 Å². The maximum absolute atomic E-state index is 14.0. The van der Waals surface area contributed by atoms with Crippen LogP contribution in [0.2, 0.25) is 0 Å². The second kappa shape index (κ2) is 7.55. The van der Waals surface area contributed by atoms with Crippen molar-refractivity contribution in [3.05, 3.63) is 90.1 Å². The summed E-state index contributed by atoms with van der Waals surface area (Å²) in [6.07, 6.45) is -2.09. The number of aromatic nitrogens is 2. The van der Waals surface area contributed by atoms with Crippen LogP contribution in [0.15, 0.2) is 73.1 Å². The van der Waals surface area contributed by atoms with Gasteiger partial charge in [-0.2, -0.15) is 13.2 Å². The van der Waals surface area contributed by atoms with Gasteiger partial charge in [-0.25, -0.2) is 9.37 Å². The van der Waals surface area contributed by atoms with Crippen molar-refractivity contribution in [3.63, 3.8) is 0 Å². The Hall–Kier alpha value is -3.81. The molecule has 2 aromatic carbocycles. The summed E-state index contributed by atoms with van der Waals surface area (Å²) in [7, 11) is 0. The molecule has 1 N–H and O–H groups in total. The second-order valence-electron chi connectivity index (χ2n) is 6.50. The first-order valence-corrected chi connectivity index (χ1v) is 8.80. The average molecular weight is 411 g/mol. The summed E-state index contributed by atoms with van der Waals surface area (Å²) >= 11 is 0. The Morgan fingerprint density at radius 2 is 1.70 bits per heavy atom. The van der Waals surface area contributed by atoms with E-state index in [0.717, 1.165) is 18.3 Å². The first kappa shape index (κ1) is 19.5. The second-order valence-corrected chi connectivity index (χ2v) is 6.50. The number of carbonyl (C=O) groups excluding carboxylic acids is 1. The van der Waals surface area contributed by atoms with Crippen LogP contribution in [0.1, 0.15) is 16.1 Å². The molecule has 0 spiro atoms. The molecular formula is C22H13F4N3O. The fraction of sp³-hybridized carbons (Fsp3) is 0.0455. The fourth-order valence-electron chi connectivity index (χ4n) is 2.94. The van der Waals surface area contributed by atoms with Crippen molar-refractivity contribution in [1.82, 2.24) is 9.97 Å². The van der Waals surface area contributed by atoms with Crippen molar-refractivity contribution >= 4 is 22.5 Å². The number of alkyl halides is 3. The maximum atomic E-state index is 14.0. The van der Waals surface area contributed by atoms with Crippen molar-refractivity contribution in [3.8, 4) is 11.1 Å². The van der Waals surface area contributed by atoms with Gasteiger partial charge in [0.25, 0.3) is 5.91 Å². The minimum absolute atomic E-state index is 0.135. The van der Waals surface area contributed by atoms with Gasteiger partial charge in [0.2, 0.25) is 0 Å². The first-order valence-electron chi connectivity index (χ1n) is 8.80. The molecule has 30 heavy (non-hydrogen) atoms. The van der Waals surface area contributed by atoms with Crippen molar-refractivity contribution in [2.75, 3.05) is 5.32 Å². The van der Waals surface area contributed by atoms with E-state index in [4.69, 9.17) is 0 Å². The normalized spacial score (nSPS) is 11.5. The van der Waals surface area contributed by atoms with Gasteiger partial charge >= 0.3 is 6.18 Å². The van der Waals surface area contributed by atoms with Crippen molar-refractivity contribution in [2.45, 2.75) is 6.18 Å². The van der Waals surface area contributed by atoms with Gasteiger partial charge in [-0.15, -0.1) is 0 Å². The Kier molecular flexibility index (Phi) is 4.91. The van der Waals surface area contributed by atoms with Crippen molar-refractivity contribution < 1.29 is 22.4 Å². The number of amides is 1. The Balaban J connectivity index is 1.57. The Morgan fingerprint density at radius 3 is 2.40 bits per heavy atom. The molecular weight excluding hydrogens is 398 g/mol. The summed E-state index contributed by atoms with van der Waals surface area (Å²) in [6.45, 7) is 0. The highest BCUT2D eigenvalue weighted by molar-refractivity contribution is 6.06. The lowest BCUT2D eigenvalue weighted by atomic mass is 10.0. The van der Waals surface area contributed by atoms with E-state index >= 15 is 0 Å². The van der Waals surface area contributed by atoms with Gasteiger partial charge in [-0.05, 0) is 36.4 Å². The van der Waals surface area contributed by atoms with Gasteiger partial charge in [0.05, 0.1) is 17.4 Å². The van der Waals surface area contributed by atoms with Crippen LogP contribution in [0.5, 0.6) is 0 Å². The van der Waals surface area contributed by atoms with Gasteiger partial charge in [-0.1, -0.05) is 24.3 Å². The number of rotatable bonds is 3.